The average Bonchev–Trinajstić information content (AvgIpc) is 2.72. The van der Waals surface area contributed by atoms with Crippen LogP contribution in [0.2, 0.25) is 5.22 Å². The smallest absolute Gasteiger partial charge is 0.260 e. The van der Waals surface area contributed by atoms with E-state index in [0.29, 0.717) is 11.4 Å². The molecule has 1 aromatic heterocycles. The summed E-state index contributed by atoms with van der Waals surface area (Å²) in [6, 6.07) is 5.16. The second kappa shape index (κ2) is 4.74. The van der Waals surface area contributed by atoms with E-state index >= 15 is 0 Å². The van der Waals surface area contributed by atoms with Gasteiger partial charge in [0.2, 0.25) is 5.22 Å². The molecule has 1 amide bonds. The van der Waals surface area contributed by atoms with Crippen LogP contribution < -0.4 is 11.1 Å². The molecule has 0 bridgehead atoms. The van der Waals surface area contributed by atoms with Crippen molar-refractivity contribution in [3.63, 3.8) is 0 Å². The number of halogens is 1. The highest BCUT2D eigenvalue weighted by molar-refractivity contribution is 6.32. The fraction of sp³-hybridized carbons (Fsp3) is 0.154. The minimum atomic E-state index is -0.344. The van der Waals surface area contributed by atoms with Crippen LogP contribution in [0, 0.1) is 13.8 Å². The van der Waals surface area contributed by atoms with Crippen molar-refractivity contribution < 1.29 is 9.21 Å². The highest BCUT2D eigenvalue weighted by atomic mass is 35.5. The van der Waals surface area contributed by atoms with E-state index in [1.54, 1.807) is 0 Å². The number of nitrogens with two attached hydrogens (primary N) is 1. The van der Waals surface area contributed by atoms with Gasteiger partial charge in [0.05, 0.1) is 23.2 Å². The van der Waals surface area contributed by atoms with Crippen molar-refractivity contribution in [1.29, 1.82) is 0 Å². The third-order valence-corrected chi connectivity index (χ3v) is 3.07. The number of carbonyl (C=O) groups is 1. The number of nitrogen functional groups attached to an aromatic ring is 1. The zero-order chi connectivity index (χ0) is 13.3. The van der Waals surface area contributed by atoms with Crippen LogP contribution in [-0.4, -0.2) is 5.91 Å². The molecule has 2 aromatic rings. The van der Waals surface area contributed by atoms with Gasteiger partial charge in [-0.15, -0.1) is 0 Å². The van der Waals surface area contributed by atoms with Gasteiger partial charge in [-0.1, -0.05) is 0 Å². The first-order chi connectivity index (χ1) is 8.49. The number of furan rings is 1. The number of rotatable bonds is 2. The van der Waals surface area contributed by atoms with Crippen molar-refractivity contribution in [3.05, 3.63) is 46.4 Å². The van der Waals surface area contributed by atoms with Gasteiger partial charge in [-0.25, -0.2) is 0 Å². The van der Waals surface area contributed by atoms with Crippen LogP contribution in [0.1, 0.15) is 21.5 Å². The van der Waals surface area contributed by atoms with Crippen LogP contribution in [0.15, 0.2) is 28.9 Å². The van der Waals surface area contributed by atoms with Gasteiger partial charge in [0.25, 0.3) is 5.91 Å². The Morgan fingerprint density at radius 2 is 2.00 bits per heavy atom. The maximum atomic E-state index is 11.9. The van der Waals surface area contributed by atoms with Crippen LogP contribution in [0.4, 0.5) is 11.4 Å². The highest BCUT2D eigenvalue weighted by Crippen LogP contribution is 2.25. The normalized spacial score (nSPS) is 10.4. The molecule has 0 aliphatic rings. The molecule has 0 radical (unpaired) electrons. The molecule has 0 spiro atoms. The van der Waals surface area contributed by atoms with Gasteiger partial charge in [-0.3, -0.25) is 4.79 Å². The topological polar surface area (TPSA) is 68.3 Å². The van der Waals surface area contributed by atoms with E-state index in [2.05, 4.69) is 5.32 Å². The Hall–Kier alpha value is -1.94. The van der Waals surface area contributed by atoms with Crippen LogP contribution in [0.3, 0.4) is 0 Å². The Labute approximate surface area is 110 Å². The number of amides is 1. The van der Waals surface area contributed by atoms with E-state index in [1.165, 1.54) is 12.3 Å². The number of hydrogen-bond donors (Lipinski definition) is 2. The zero-order valence-corrected chi connectivity index (χ0v) is 10.8. The van der Waals surface area contributed by atoms with Gasteiger partial charge in [-0.05, 0) is 54.8 Å². The summed E-state index contributed by atoms with van der Waals surface area (Å²) in [6.07, 6.45) is 1.36. The lowest BCUT2D eigenvalue weighted by molar-refractivity contribution is 0.102. The first-order valence-corrected chi connectivity index (χ1v) is 5.78. The SMILES string of the molecule is Cc1cc(N)c(NC(=O)c2ccoc2Cl)cc1C. The molecule has 0 fully saturated rings. The molecule has 2 rings (SSSR count). The predicted octanol–water partition coefficient (Wildman–Crippen LogP) is 3.38. The number of hydrogen-bond acceptors (Lipinski definition) is 3. The molecule has 18 heavy (non-hydrogen) atoms. The van der Waals surface area contributed by atoms with Crippen molar-refractivity contribution in [2.45, 2.75) is 13.8 Å². The monoisotopic (exact) mass is 264 g/mol. The third kappa shape index (κ3) is 2.33. The molecular weight excluding hydrogens is 252 g/mol. The predicted molar refractivity (Wildman–Crippen MR) is 72.0 cm³/mol. The molecule has 94 valence electrons. The van der Waals surface area contributed by atoms with Crippen molar-refractivity contribution in [2.24, 2.45) is 0 Å². The van der Waals surface area contributed by atoms with Crippen molar-refractivity contribution in [3.8, 4) is 0 Å². The van der Waals surface area contributed by atoms with Crippen LogP contribution >= 0.6 is 11.6 Å². The maximum Gasteiger partial charge on any atom is 0.260 e. The number of anilines is 2. The van der Waals surface area contributed by atoms with Gasteiger partial charge in [0, 0.05) is 0 Å². The molecule has 0 aliphatic carbocycles. The van der Waals surface area contributed by atoms with E-state index in [4.69, 9.17) is 21.8 Å². The third-order valence-electron chi connectivity index (χ3n) is 2.78. The minimum absolute atomic E-state index is 0.0647. The Kier molecular flexibility index (Phi) is 3.30. The van der Waals surface area contributed by atoms with E-state index in [9.17, 15) is 4.79 Å². The van der Waals surface area contributed by atoms with E-state index in [-0.39, 0.29) is 16.7 Å². The molecule has 3 N–H and O–H groups in total. The first kappa shape index (κ1) is 12.5. The molecule has 1 heterocycles. The second-order valence-corrected chi connectivity index (χ2v) is 4.43. The summed E-state index contributed by atoms with van der Waals surface area (Å²) in [5, 5.41) is 2.78. The molecule has 0 saturated heterocycles. The second-order valence-electron chi connectivity index (χ2n) is 4.09. The molecule has 0 atom stereocenters. The van der Waals surface area contributed by atoms with E-state index in [1.807, 2.05) is 26.0 Å². The van der Waals surface area contributed by atoms with Gasteiger partial charge in [0.15, 0.2) is 0 Å². The summed E-state index contributed by atoms with van der Waals surface area (Å²) in [5.74, 6) is -0.344. The number of nitrogens with one attached hydrogen (secondary N) is 1. The van der Waals surface area contributed by atoms with E-state index in [0.717, 1.165) is 11.1 Å². The molecule has 0 unspecified atom stereocenters. The number of aryl methyl sites for hydroxylation is 2. The van der Waals surface area contributed by atoms with Crippen LogP contribution in [0.25, 0.3) is 0 Å². The standard InChI is InChI=1S/C13H13ClN2O2/c1-7-5-10(15)11(6-8(7)2)16-13(17)9-3-4-18-12(9)14/h3-6H,15H2,1-2H3,(H,16,17). The molecule has 1 aromatic carbocycles. The summed E-state index contributed by atoms with van der Waals surface area (Å²) in [7, 11) is 0. The Morgan fingerprint density at radius 3 is 2.61 bits per heavy atom. The lowest BCUT2D eigenvalue weighted by Gasteiger charge is -2.10. The van der Waals surface area contributed by atoms with Gasteiger partial charge in [-0.2, -0.15) is 0 Å². The molecule has 0 aliphatic heterocycles. The summed E-state index contributed by atoms with van der Waals surface area (Å²) in [5.41, 5.74) is 9.36. The van der Waals surface area contributed by atoms with Crippen molar-refractivity contribution >= 4 is 28.9 Å². The van der Waals surface area contributed by atoms with Gasteiger partial charge < -0.3 is 15.5 Å². The summed E-state index contributed by atoms with van der Waals surface area (Å²) in [6.45, 7) is 3.92. The Morgan fingerprint density at radius 1 is 1.33 bits per heavy atom. The summed E-state index contributed by atoms with van der Waals surface area (Å²) < 4.78 is 4.87. The number of carbonyl (C=O) groups excluding carboxylic acids is 1. The first-order valence-electron chi connectivity index (χ1n) is 5.40. The average molecular weight is 265 g/mol. The fourth-order valence-electron chi connectivity index (χ4n) is 1.59. The minimum Gasteiger partial charge on any atom is -0.452 e. The summed E-state index contributed by atoms with van der Waals surface area (Å²) >= 11 is 5.74. The van der Waals surface area contributed by atoms with Crippen molar-refractivity contribution in [1.82, 2.24) is 0 Å². The van der Waals surface area contributed by atoms with Gasteiger partial charge >= 0.3 is 0 Å². The maximum absolute atomic E-state index is 11.9. The molecule has 5 heteroatoms. The molecule has 4 nitrogen and oxygen atoms in total. The Bertz CT molecular complexity index is 605. The lowest BCUT2D eigenvalue weighted by atomic mass is 10.1. The quantitative estimate of drug-likeness (QED) is 0.817. The van der Waals surface area contributed by atoms with Crippen LogP contribution in [0.5, 0.6) is 0 Å². The summed E-state index contributed by atoms with van der Waals surface area (Å²) in [4.78, 5) is 11.9. The van der Waals surface area contributed by atoms with E-state index < -0.39 is 0 Å². The zero-order valence-electron chi connectivity index (χ0n) is 10.1. The molecule has 0 saturated carbocycles. The van der Waals surface area contributed by atoms with Crippen LogP contribution in [-0.2, 0) is 0 Å². The Balaban J connectivity index is 2.28. The van der Waals surface area contributed by atoms with Gasteiger partial charge in [0.1, 0.15) is 0 Å². The fourth-order valence-corrected chi connectivity index (χ4v) is 1.79. The molecular formula is C13H13ClN2O2. The van der Waals surface area contributed by atoms with Crippen molar-refractivity contribution in [2.75, 3.05) is 11.1 Å². The largest absolute Gasteiger partial charge is 0.452 e. The number of benzene rings is 1. The lowest BCUT2D eigenvalue weighted by Crippen LogP contribution is -2.13. The highest BCUT2D eigenvalue weighted by Gasteiger charge is 2.14.